The van der Waals surface area contributed by atoms with Crippen LogP contribution >= 0.6 is 23.4 Å². The van der Waals surface area contributed by atoms with Gasteiger partial charge in [-0.15, -0.1) is 10.2 Å². The van der Waals surface area contributed by atoms with Crippen LogP contribution in [0.4, 0.5) is 5.69 Å². The molecule has 1 aromatic heterocycles. The molecule has 2 rings (SSSR count). The number of rotatable bonds is 7. The van der Waals surface area contributed by atoms with Crippen LogP contribution in [0, 0.1) is 0 Å². The largest absolute Gasteiger partial charge is 0.550 e. The van der Waals surface area contributed by atoms with Crippen molar-refractivity contribution in [1.82, 2.24) is 14.9 Å². The number of hydrogen-bond acceptors (Lipinski definition) is 8. The molecule has 0 fully saturated rings. The molecule has 0 atom stereocenters. The minimum atomic E-state index is -1.30. The Hall–Kier alpha value is -2.59. The SMILES string of the molecule is Nn1c(SCC(=O)Nc2cccc(Cl)c2)nnc(CCC(=O)[O-])c1=O. The van der Waals surface area contributed by atoms with E-state index in [2.05, 4.69) is 15.5 Å². The molecule has 2 aromatic rings. The van der Waals surface area contributed by atoms with E-state index >= 15 is 0 Å². The zero-order valence-corrected chi connectivity index (χ0v) is 14.3. The number of carbonyl (C=O) groups excluding carboxylic acids is 2. The molecular weight excluding hydrogens is 370 g/mol. The first-order chi connectivity index (χ1) is 11.9. The van der Waals surface area contributed by atoms with E-state index in [1.807, 2.05) is 0 Å². The van der Waals surface area contributed by atoms with E-state index in [1.165, 1.54) is 0 Å². The number of aliphatic carboxylic acids is 1. The molecule has 0 saturated carbocycles. The second kappa shape index (κ2) is 8.49. The molecule has 0 unspecified atom stereocenters. The van der Waals surface area contributed by atoms with Crippen LogP contribution in [0.25, 0.3) is 0 Å². The van der Waals surface area contributed by atoms with Gasteiger partial charge in [-0.3, -0.25) is 9.59 Å². The number of halogens is 1. The van der Waals surface area contributed by atoms with Crippen molar-refractivity contribution in [2.75, 3.05) is 16.9 Å². The number of thioether (sulfide) groups is 1. The first kappa shape index (κ1) is 18.7. The number of carbonyl (C=O) groups is 2. The van der Waals surface area contributed by atoms with Crippen molar-refractivity contribution in [2.24, 2.45) is 0 Å². The minimum Gasteiger partial charge on any atom is -0.550 e. The zero-order chi connectivity index (χ0) is 18.4. The number of benzene rings is 1. The van der Waals surface area contributed by atoms with E-state index in [4.69, 9.17) is 17.4 Å². The fourth-order valence-corrected chi connectivity index (χ4v) is 2.63. The maximum Gasteiger partial charge on any atom is 0.294 e. The summed E-state index contributed by atoms with van der Waals surface area (Å²) in [6.07, 6.45) is -0.496. The molecule has 0 spiro atoms. The third-order valence-electron chi connectivity index (χ3n) is 2.93. The summed E-state index contributed by atoms with van der Waals surface area (Å²) in [5.74, 6) is 3.91. The van der Waals surface area contributed by atoms with Crippen LogP contribution in [0.3, 0.4) is 0 Å². The maximum atomic E-state index is 12.0. The van der Waals surface area contributed by atoms with Crippen molar-refractivity contribution in [2.45, 2.75) is 18.0 Å². The fourth-order valence-electron chi connectivity index (χ4n) is 1.79. The highest BCUT2D eigenvalue weighted by atomic mass is 35.5. The van der Waals surface area contributed by atoms with Gasteiger partial charge < -0.3 is 21.1 Å². The first-order valence-corrected chi connectivity index (χ1v) is 8.35. The van der Waals surface area contributed by atoms with Crippen molar-refractivity contribution in [3.8, 4) is 0 Å². The summed E-state index contributed by atoms with van der Waals surface area (Å²) in [4.78, 5) is 34.3. The number of nitrogen functional groups attached to an aromatic ring is 1. The summed E-state index contributed by atoms with van der Waals surface area (Å²) in [6, 6.07) is 6.64. The summed E-state index contributed by atoms with van der Waals surface area (Å²) >= 11 is 6.75. The minimum absolute atomic E-state index is 0.0310. The highest BCUT2D eigenvalue weighted by Gasteiger charge is 2.12. The summed E-state index contributed by atoms with van der Waals surface area (Å²) in [7, 11) is 0. The van der Waals surface area contributed by atoms with E-state index in [0.717, 1.165) is 16.4 Å². The number of aryl methyl sites for hydroxylation is 1. The highest BCUT2D eigenvalue weighted by Crippen LogP contribution is 2.16. The molecule has 0 bridgehead atoms. The molecular formula is C14H13ClN5O4S-. The van der Waals surface area contributed by atoms with Crippen LogP contribution < -0.4 is 21.8 Å². The molecule has 1 amide bonds. The predicted molar refractivity (Wildman–Crippen MR) is 90.6 cm³/mol. The van der Waals surface area contributed by atoms with Gasteiger partial charge in [0.05, 0.1) is 5.75 Å². The Morgan fingerprint density at radius 2 is 2.12 bits per heavy atom. The lowest BCUT2D eigenvalue weighted by atomic mass is 10.2. The number of nitrogens with one attached hydrogen (secondary N) is 1. The van der Waals surface area contributed by atoms with Crippen LogP contribution in [0.15, 0.2) is 34.2 Å². The highest BCUT2D eigenvalue weighted by molar-refractivity contribution is 7.99. The van der Waals surface area contributed by atoms with Crippen LogP contribution in [-0.4, -0.2) is 32.5 Å². The van der Waals surface area contributed by atoms with Crippen LogP contribution in [0.1, 0.15) is 12.1 Å². The monoisotopic (exact) mass is 382 g/mol. The number of carboxylic acid groups (broad SMARTS) is 1. The molecule has 132 valence electrons. The van der Waals surface area contributed by atoms with Crippen molar-refractivity contribution in [3.63, 3.8) is 0 Å². The lowest BCUT2D eigenvalue weighted by Crippen LogP contribution is -2.34. The van der Waals surface area contributed by atoms with Gasteiger partial charge >= 0.3 is 0 Å². The fraction of sp³-hybridized carbons (Fsp3) is 0.214. The van der Waals surface area contributed by atoms with Crippen LogP contribution in [0.2, 0.25) is 5.02 Å². The third kappa shape index (κ3) is 5.47. The zero-order valence-electron chi connectivity index (χ0n) is 12.8. The Morgan fingerprint density at radius 1 is 1.36 bits per heavy atom. The smallest absolute Gasteiger partial charge is 0.294 e. The van der Waals surface area contributed by atoms with Gasteiger partial charge in [-0.25, -0.2) is 0 Å². The number of hydrogen-bond donors (Lipinski definition) is 2. The van der Waals surface area contributed by atoms with Crippen LogP contribution in [0.5, 0.6) is 0 Å². The average Bonchev–Trinajstić information content (AvgIpc) is 2.55. The molecule has 0 aliphatic rings. The molecule has 11 heteroatoms. The van der Waals surface area contributed by atoms with Gasteiger partial charge in [0.2, 0.25) is 11.1 Å². The molecule has 3 N–H and O–H groups in total. The van der Waals surface area contributed by atoms with Gasteiger partial charge in [-0.2, -0.15) is 4.68 Å². The summed E-state index contributed by atoms with van der Waals surface area (Å²) in [5.41, 5.74) is -0.222. The Morgan fingerprint density at radius 3 is 2.80 bits per heavy atom. The molecule has 0 aliphatic heterocycles. The second-order valence-electron chi connectivity index (χ2n) is 4.82. The molecule has 1 aromatic carbocycles. The van der Waals surface area contributed by atoms with Crippen molar-refractivity contribution in [1.29, 1.82) is 0 Å². The normalized spacial score (nSPS) is 10.4. The van der Waals surface area contributed by atoms with E-state index in [-0.39, 0.29) is 35.4 Å². The molecule has 25 heavy (non-hydrogen) atoms. The Balaban J connectivity index is 1.98. The molecule has 1 heterocycles. The molecule has 0 aliphatic carbocycles. The number of anilines is 1. The first-order valence-electron chi connectivity index (χ1n) is 6.98. The predicted octanol–water partition coefficient (Wildman–Crippen LogP) is -0.581. The lowest BCUT2D eigenvalue weighted by molar-refractivity contribution is -0.305. The second-order valence-corrected chi connectivity index (χ2v) is 6.20. The van der Waals surface area contributed by atoms with Gasteiger partial charge in [-0.1, -0.05) is 29.4 Å². The summed E-state index contributed by atoms with van der Waals surface area (Å²) < 4.78 is 0.731. The quantitative estimate of drug-likeness (QED) is 0.478. The van der Waals surface area contributed by atoms with Crippen molar-refractivity contribution in [3.05, 3.63) is 45.3 Å². The van der Waals surface area contributed by atoms with Gasteiger partial charge in [-0.05, 0) is 24.6 Å². The van der Waals surface area contributed by atoms with Crippen molar-refractivity contribution >= 4 is 40.9 Å². The third-order valence-corrected chi connectivity index (χ3v) is 4.11. The van der Waals surface area contributed by atoms with Gasteiger partial charge in [0.15, 0.2) is 0 Å². The summed E-state index contributed by atoms with van der Waals surface area (Å²) in [5, 5.41) is 21.0. The Bertz CT molecular complexity index is 857. The number of nitrogens with zero attached hydrogens (tertiary/aromatic N) is 3. The van der Waals surface area contributed by atoms with Crippen molar-refractivity contribution < 1.29 is 14.7 Å². The summed E-state index contributed by atoms with van der Waals surface area (Å²) in [6.45, 7) is 0. The number of aromatic nitrogens is 3. The van der Waals surface area contributed by atoms with E-state index < -0.39 is 11.5 Å². The lowest BCUT2D eigenvalue weighted by Gasteiger charge is -2.08. The van der Waals surface area contributed by atoms with Gasteiger partial charge in [0.25, 0.3) is 5.56 Å². The van der Waals surface area contributed by atoms with Crippen LogP contribution in [-0.2, 0) is 16.0 Å². The number of amides is 1. The molecule has 0 saturated heterocycles. The average molecular weight is 383 g/mol. The standard InChI is InChI=1S/C14H14ClN5O4S/c15-8-2-1-3-9(6-8)17-11(21)7-25-14-19-18-10(4-5-12(22)23)13(24)20(14)16/h1-3,6H,4-5,7,16H2,(H,17,21)(H,22,23)/p-1. The number of nitrogens with two attached hydrogens (primary N) is 1. The van der Waals surface area contributed by atoms with E-state index in [9.17, 15) is 19.5 Å². The molecule has 0 radical (unpaired) electrons. The number of carboxylic acids is 1. The van der Waals surface area contributed by atoms with Gasteiger partial charge in [0.1, 0.15) is 5.69 Å². The maximum absolute atomic E-state index is 12.0. The Labute approximate surface area is 151 Å². The Kier molecular flexibility index (Phi) is 6.37. The topological polar surface area (TPSA) is 143 Å². The van der Waals surface area contributed by atoms with E-state index in [1.54, 1.807) is 24.3 Å². The van der Waals surface area contributed by atoms with E-state index in [0.29, 0.717) is 10.7 Å². The molecule has 9 nitrogen and oxygen atoms in total. The van der Waals surface area contributed by atoms with Gasteiger partial charge in [0, 0.05) is 23.1 Å².